The summed E-state index contributed by atoms with van der Waals surface area (Å²) in [6, 6.07) is 3.24. The molecule has 1 aromatic heterocycles. The number of hydrogen-bond donors (Lipinski definition) is 3. The Balaban J connectivity index is 1.76. The van der Waals surface area contributed by atoms with Crippen molar-refractivity contribution in [3.05, 3.63) is 41.3 Å². The predicted molar refractivity (Wildman–Crippen MR) is 87.9 cm³/mol. The van der Waals surface area contributed by atoms with E-state index >= 15 is 0 Å². The van der Waals surface area contributed by atoms with E-state index in [0.717, 1.165) is 23.6 Å². The summed E-state index contributed by atoms with van der Waals surface area (Å²) in [6.07, 6.45) is 1.04. The second-order valence-corrected chi connectivity index (χ2v) is 7.12. The minimum Gasteiger partial charge on any atom is -0.356 e. The van der Waals surface area contributed by atoms with Gasteiger partial charge in [-0.05, 0) is 36.5 Å². The van der Waals surface area contributed by atoms with Crippen molar-refractivity contribution in [1.82, 2.24) is 16.0 Å². The van der Waals surface area contributed by atoms with Crippen molar-refractivity contribution < 1.29 is 27.7 Å². The number of nitrogens with one attached hydrogen (secondary N) is 2. The van der Waals surface area contributed by atoms with Gasteiger partial charge in [0.15, 0.2) is 23.2 Å². The molecule has 140 valence electrons. The number of hydroxylamine groups is 1. The fourth-order valence-corrected chi connectivity index (χ4v) is 4.00. The highest BCUT2D eigenvalue weighted by Gasteiger charge is 2.39. The van der Waals surface area contributed by atoms with Crippen LogP contribution in [0.2, 0.25) is 0 Å². The van der Waals surface area contributed by atoms with Gasteiger partial charge in [0.1, 0.15) is 5.54 Å². The molecule has 0 aliphatic carbocycles. The average Bonchev–Trinajstić information content (AvgIpc) is 3.13. The lowest BCUT2D eigenvalue weighted by Crippen LogP contribution is -2.58. The number of carbonyl (C=O) groups is 1. The SMILES string of the molecule is O=C(NO)C1(NCc2cc(-c3ccc(F)c(F)c3F)on2)CCSCC1. The Bertz CT molecular complexity index is 809. The quantitative estimate of drug-likeness (QED) is 0.415. The van der Waals surface area contributed by atoms with E-state index in [1.54, 1.807) is 17.2 Å². The topological polar surface area (TPSA) is 87.4 Å². The third kappa shape index (κ3) is 3.57. The van der Waals surface area contributed by atoms with Crippen LogP contribution in [0.25, 0.3) is 11.3 Å². The van der Waals surface area contributed by atoms with Gasteiger partial charge >= 0.3 is 0 Å². The van der Waals surface area contributed by atoms with E-state index in [1.807, 2.05) is 0 Å². The number of carbonyl (C=O) groups excluding carboxylic acids is 1. The highest BCUT2D eigenvalue weighted by molar-refractivity contribution is 7.99. The number of nitrogens with zero attached hydrogens (tertiary/aromatic N) is 1. The number of benzene rings is 1. The van der Waals surface area contributed by atoms with Crippen molar-refractivity contribution in [2.75, 3.05) is 11.5 Å². The second kappa shape index (κ2) is 7.68. The minimum absolute atomic E-state index is 0.0574. The number of amides is 1. The molecule has 10 heteroatoms. The molecular weight excluding hydrogens is 371 g/mol. The molecule has 0 unspecified atom stereocenters. The molecule has 6 nitrogen and oxygen atoms in total. The van der Waals surface area contributed by atoms with E-state index in [-0.39, 0.29) is 17.9 Å². The molecule has 0 saturated carbocycles. The van der Waals surface area contributed by atoms with Crippen molar-refractivity contribution >= 4 is 17.7 Å². The lowest BCUT2D eigenvalue weighted by Gasteiger charge is -2.35. The van der Waals surface area contributed by atoms with Crippen molar-refractivity contribution in [1.29, 1.82) is 0 Å². The van der Waals surface area contributed by atoms with E-state index in [4.69, 9.17) is 9.73 Å². The van der Waals surface area contributed by atoms with E-state index < -0.39 is 28.9 Å². The van der Waals surface area contributed by atoms with Crippen LogP contribution in [0.3, 0.4) is 0 Å². The Morgan fingerprint density at radius 2 is 2.00 bits per heavy atom. The van der Waals surface area contributed by atoms with Crippen LogP contribution in [0.15, 0.2) is 22.7 Å². The summed E-state index contributed by atoms with van der Waals surface area (Å²) in [6.45, 7) is 0.118. The lowest BCUT2D eigenvalue weighted by molar-refractivity contribution is -0.136. The van der Waals surface area contributed by atoms with Gasteiger partial charge in [-0.25, -0.2) is 18.7 Å². The Morgan fingerprint density at radius 3 is 2.69 bits per heavy atom. The highest BCUT2D eigenvalue weighted by atomic mass is 32.2. The van der Waals surface area contributed by atoms with Gasteiger partial charge in [0.05, 0.1) is 11.3 Å². The van der Waals surface area contributed by atoms with Crippen LogP contribution in [0.1, 0.15) is 18.5 Å². The second-order valence-electron chi connectivity index (χ2n) is 5.89. The minimum atomic E-state index is -1.59. The predicted octanol–water partition coefficient (Wildman–Crippen LogP) is 2.62. The summed E-state index contributed by atoms with van der Waals surface area (Å²) >= 11 is 1.71. The van der Waals surface area contributed by atoms with Crippen LogP contribution < -0.4 is 10.8 Å². The summed E-state index contributed by atoms with van der Waals surface area (Å²) < 4.78 is 45.2. The van der Waals surface area contributed by atoms with Gasteiger partial charge in [0, 0.05) is 12.6 Å². The van der Waals surface area contributed by atoms with Gasteiger partial charge in [-0.2, -0.15) is 11.8 Å². The number of hydrogen-bond acceptors (Lipinski definition) is 6. The molecular formula is C16H16F3N3O3S. The largest absolute Gasteiger partial charge is 0.356 e. The molecule has 0 bridgehead atoms. The van der Waals surface area contributed by atoms with E-state index in [1.165, 1.54) is 6.07 Å². The first-order chi connectivity index (χ1) is 12.5. The van der Waals surface area contributed by atoms with Crippen molar-refractivity contribution in [2.24, 2.45) is 0 Å². The van der Waals surface area contributed by atoms with Crippen molar-refractivity contribution in [2.45, 2.75) is 24.9 Å². The maximum atomic E-state index is 13.8. The van der Waals surface area contributed by atoms with Crippen LogP contribution in [0.4, 0.5) is 13.2 Å². The highest BCUT2D eigenvalue weighted by Crippen LogP contribution is 2.29. The first kappa shape index (κ1) is 18.7. The molecule has 1 aromatic carbocycles. The molecule has 26 heavy (non-hydrogen) atoms. The summed E-state index contributed by atoms with van der Waals surface area (Å²) in [5, 5.41) is 15.8. The molecule has 1 aliphatic heterocycles. The lowest BCUT2D eigenvalue weighted by atomic mass is 9.91. The normalized spacial score (nSPS) is 16.5. The number of halogens is 3. The van der Waals surface area contributed by atoms with Gasteiger partial charge in [0.2, 0.25) is 0 Å². The molecule has 1 saturated heterocycles. The zero-order valence-corrected chi connectivity index (χ0v) is 14.3. The third-order valence-corrected chi connectivity index (χ3v) is 5.34. The molecule has 3 rings (SSSR count). The van der Waals surface area contributed by atoms with Crippen LogP contribution in [-0.4, -0.2) is 33.3 Å². The van der Waals surface area contributed by atoms with Gasteiger partial charge in [-0.1, -0.05) is 5.16 Å². The Kier molecular flexibility index (Phi) is 5.54. The molecule has 1 aliphatic rings. The molecule has 2 aromatic rings. The standard InChI is InChI=1S/C16H16F3N3O3S/c17-11-2-1-10(13(18)14(11)19)12-7-9(22-25-12)8-20-16(15(23)21-24)3-5-26-6-4-16/h1-2,7,20,24H,3-6,8H2,(H,21,23). The maximum absolute atomic E-state index is 13.8. The van der Waals surface area contributed by atoms with Crippen LogP contribution in [0.5, 0.6) is 0 Å². The number of thioether (sulfide) groups is 1. The smallest absolute Gasteiger partial charge is 0.263 e. The Morgan fingerprint density at radius 1 is 1.27 bits per heavy atom. The Hall–Kier alpha value is -2.04. The summed E-state index contributed by atoms with van der Waals surface area (Å²) in [5.41, 5.74) is 0.846. The molecule has 1 amide bonds. The number of aromatic nitrogens is 1. The molecule has 0 radical (unpaired) electrons. The summed E-state index contributed by atoms with van der Waals surface area (Å²) in [4.78, 5) is 12.0. The zero-order chi connectivity index (χ0) is 18.7. The fraction of sp³-hybridized carbons (Fsp3) is 0.375. The fourth-order valence-electron chi connectivity index (χ4n) is 2.81. The van der Waals surface area contributed by atoms with Crippen molar-refractivity contribution in [3.8, 4) is 11.3 Å². The number of rotatable bonds is 5. The monoisotopic (exact) mass is 387 g/mol. The first-order valence-electron chi connectivity index (χ1n) is 7.83. The van der Waals surface area contributed by atoms with Crippen LogP contribution in [0, 0.1) is 17.5 Å². The van der Waals surface area contributed by atoms with Crippen LogP contribution >= 0.6 is 11.8 Å². The molecule has 1 fully saturated rings. The van der Waals surface area contributed by atoms with E-state index in [2.05, 4.69) is 10.5 Å². The van der Waals surface area contributed by atoms with Gasteiger partial charge in [-0.3, -0.25) is 15.3 Å². The average molecular weight is 387 g/mol. The zero-order valence-electron chi connectivity index (χ0n) is 13.5. The van der Waals surface area contributed by atoms with Crippen LogP contribution in [-0.2, 0) is 11.3 Å². The van der Waals surface area contributed by atoms with Crippen molar-refractivity contribution in [3.63, 3.8) is 0 Å². The Labute approximate surface area is 151 Å². The van der Waals surface area contributed by atoms with E-state index in [9.17, 15) is 18.0 Å². The maximum Gasteiger partial charge on any atom is 0.263 e. The molecule has 0 atom stereocenters. The molecule has 3 N–H and O–H groups in total. The van der Waals surface area contributed by atoms with Gasteiger partial charge < -0.3 is 4.52 Å². The summed E-state index contributed by atoms with van der Waals surface area (Å²) in [7, 11) is 0. The van der Waals surface area contributed by atoms with Gasteiger partial charge in [-0.15, -0.1) is 0 Å². The first-order valence-corrected chi connectivity index (χ1v) is 8.99. The molecule has 2 heterocycles. The van der Waals surface area contributed by atoms with Gasteiger partial charge in [0.25, 0.3) is 5.91 Å². The molecule has 0 spiro atoms. The third-order valence-electron chi connectivity index (χ3n) is 4.35. The summed E-state index contributed by atoms with van der Waals surface area (Å²) in [5.74, 6) is -3.32. The van der Waals surface area contributed by atoms with E-state index in [0.29, 0.717) is 18.5 Å².